The minimum Gasteiger partial charge on any atom is -0.481 e. The van der Waals surface area contributed by atoms with E-state index in [1.54, 1.807) is 24.3 Å². The van der Waals surface area contributed by atoms with E-state index in [1.807, 2.05) is 6.07 Å². The van der Waals surface area contributed by atoms with Gasteiger partial charge < -0.3 is 5.11 Å². The molecule has 6 nitrogen and oxygen atoms in total. The maximum Gasteiger partial charge on any atom is 0.303 e. The first-order chi connectivity index (χ1) is 9.16. The molecule has 0 atom stereocenters. The number of aryl methyl sites for hydroxylation is 1. The third-order valence-corrected chi connectivity index (χ3v) is 2.59. The number of nitrogens with zero attached hydrogens (tertiary/aromatic N) is 3. The number of hydrogen-bond acceptors (Lipinski definition) is 4. The number of aromatic nitrogens is 3. The molecule has 0 amide bonds. The van der Waals surface area contributed by atoms with Gasteiger partial charge in [-0.25, -0.2) is 0 Å². The predicted octanol–water partition coefficient (Wildman–Crippen LogP) is 1.37. The maximum absolute atomic E-state index is 12.0. The van der Waals surface area contributed by atoms with Crippen molar-refractivity contribution in [3.8, 4) is 0 Å². The Labute approximate surface area is 109 Å². The van der Waals surface area contributed by atoms with Gasteiger partial charge >= 0.3 is 5.97 Å². The third kappa shape index (κ3) is 3.48. The molecule has 0 saturated carbocycles. The number of aliphatic carboxylic acids is 1. The molecule has 6 heteroatoms. The SMILES string of the molecule is O=C(O)CCCn1cc(C(=O)c2ccccc2)nn1. The van der Waals surface area contributed by atoms with E-state index < -0.39 is 5.97 Å². The van der Waals surface area contributed by atoms with Gasteiger partial charge in [0.25, 0.3) is 0 Å². The fraction of sp³-hybridized carbons (Fsp3) is 0.231. The van der Waals surface area contributed by atoms with Crippen LogP contribution in [-0.2, 0) is 11.3 Å². The van der Waals surface area contributed by atoms with Gasteiger partial charge in [-0.2, -0.15) is 0 Å². The molecule has 1 aromatic heterocycles. The van der Waals surface area contributed by atoms with Crippen molar-refractivity contribution in [2.75, 3.05) is 0 Å². The van der Waals surface area contributed by atoms with Crippen molar-refractivity contribution in [3.63, 3.8) is 0 Å². The van der Waals surface area contributed by atoms with E-state index >= 15 is 0 Å². The zero-order valence-corrected chi connectivity index (χ0v) is 10.2. The molecule has 2 aromatic rings. The van der Waals surface area contributed by atoms with Gasteiger partial charge in [0.15, 0.2) is 5.69 Å². The average molecular weight is 259 g/mol. The summed E-state index contributed by atoms with van der Waals surface area (Å²) >= 11 is 0. The monoisotopic (exact) mass is 259 g/mol. The van der Waals surface area contributed by atoms with E-state index in [-0.39, 0.29) is 17.9 Å². The van der Waals surface area contributed by atoms with Crippen LogP contribution in [0, 0.1) is 0 Å². The van der Waals surface area contributed by atoms with Crippen molar-refractivity contribution in [2.45, 2.75) is 19.4 Å². The molecule has 0 aliphatic carbocycles. The highest BCUT2D eigenvalue weighted by molar-refractivity contribution is 6.07. The van der Waals surface area contributed by atoms with Crippen LogP contribution in [-0.4, -0.2) is 31.9 Å². The molecule has 0 radical (unpaired) electrons. The summed E-state index contributed by atoms with van der Waals surface area (Å²) in [6.45, 7) is 0.432. The molecule has 2 rings (SSSR count). The van der Waals surface area contributed by atoms with E-state index in [0.717, 1.165) is 0 Å². The molecule has 0 aliphatic rings. The Bertz CT molecular complexity index is 578. The van der Waals surface area contributed by atoms with Crippen LogP contribution in [0.5, 0.6) is 0 Å². The standard InChI is InChI=1S/C13H13N3O3/c17-12(18)7-4-8-16-9-11(14-15-16)13(19)10-5-2-1-3-6-10/h1-3,5-6,9H,4,7-8H2,(H,17,18). The van der Waals surface area contributed by atoms with Gasteiger partial charge in [-0.05, 0) is 6.42 Å². The lowest BCUT2D eigenvalue weighted by atomic mass is 10.1. The zero-order valence-electron chi connectivity index (χ0n) is 10.2. The minimum absolute atomic E-state index is 0.0713. The summed E-state index contributed by atoms with van der Waals surface area (Å²) < 4.78 is 1.49. The van der Waals surface area contributed by atoms with Gasteiger partial charge in [-0.3, -0.25) is 14.3 Å². The predicted molar refractivity (Wildman–Crippen MR) is 66.8 cm³/mol. The van der Waals surface area contributed by atoms with E-state index in [1.165, 1.54) is 10.9 Å². The highest BCUT2D eigenvalue weighted by Gasteiger charge is 2.12. The molecule has 98 valence electrons. The molecule has 0 saturated heterocycles. The fourth-order valence-electron chi connectivity index (χ4n) is 1.64. The first-order valence-electron chi connectivity index (χ1n) is 5.88. The summed E-state index contributed by atoms with van der Waals surface area (Å²) in [7, 11) is 0. The van der Waals surface area contributed by atoms with E-state index in [9.17, 15) is 9.59 Å². The van der Waals surface area contributed by atoms with Crippen LogP contribution in [0.4, 0.5) is 0 Å². The van der Waals surface area contributed by atoms with E-state index in [2.05, 4.69) is 10.3 Å². The van der Waals surface area contributed by atoms with Gasteiger partial charge in [-0.1, -0.05) is 35.5 Å². The fourth-order valence-corrected chi connectivity index (χ4v) is 1.64. The number of carboxylic acids is 1. The largest absolute Gasteiger partial charge is 0.481 e. The first-order valence-corrected chi connectivity index (χ1v) is 5.88. The summed E-state index contributed by atoms with van der Waals surface area (Å²) in [6.07, 6.45) is 2.07. The van der Waals surface area contributed by atoms with Crippen molar-refractivity contribution < 1.29 is 14.7 Å². The van der Waals surface area contributed by atoms with Crippen LogP contribution in [0.25, 0.3) is 0 Å². The second-order valence-electron chi connectivity index (χ2n) is 4.06. The van der Waals surface area contributed by atoms with Crippen LogP contribution in [0.3, 0.4) is 0 Å². The highest BCUT2D eigenvalue weighted by atomic mass is 16.4. The molecule has 19 heavy (non-hydrogen) atoms. The minimum atomic E-state index is -0.847. The Morgan fingerprint density at radius 2 is 1.95 bits per heavy atom. The average Bonchev–Trinajstić information content (AvgIpc) is 2.87. The summed E-state index contributed by atoms with van der Waals surface area (Å²) in [4.78, 5) is 22.4. The van der Waals surface area contributed by atoms with Crippen molar-refractivity contribution >= 4 is 11.8 Å². The van der Waals surface area contributed by atoms with Crippen molar-refractivity contribution in [1.29, 1.82) is 0 Å². The Kier molecular flexibility index (Phi) is 4.02. The van der Waals surface area contributed by atoms with Crippen LogP contribution in [0.2, 0.25) is 0 Å². The number of hydrogen-bond donors (Lipinski definition) is 1. The molecule has 0 aliphatic heterocycles. The highest BCUT2D eigenvalue weighted by Crippen LogP contribution is 2.06. The molecule has 1 aromatic carbocycles. The smallest absolute Gasteiger partial charge is 0.303 e. The molecule has 0 spiro atoms. The number of carbonyl (C=O) groups excluding carboxylic acids is 1. The van der Waals surface area contributed by atoms with Crippen LogP contribution < -0.4 is 0 Å². The molecule has 0 unspecified atom stereocenters. The van der Waals surface area contributed by atoms with Crippen molar-refractivity contribution in [3.05, 3.63) is 47.8 Å². The molecule has 0 fully saturated rings. The first kappa shape index (κ1) is 12.9. The van der Waals surface area contributed by atoms with Crippen LogP contribution >= 0.6 is 0 Å². The number of ketones is 1. The molecule has 0 bridgehead atoms. The second kappa shape index (κ2) is 5.90. The topological polar surface area (TPSA) is 85.1 Å². The number of benzene rings is 1. The third-order valence-electron chi connectivity index (χ3n) is 2.59. The van der Waals surface area contributed by atoms with Gasteiger partial charge in [-0.15, -0.1) is 5.10 Å². The van der Waals surface area contributed by atoms with Gasteiger partial charge in [0, 0.05) is 18.5 Å². The summed E-state index contributed by atoms with van der Waals surface area (Å²) in [5.41, 5.74) is 0.821. The van der Waals surface area contributed by atoms with Crippen molar-refractivity contribution in [1.82, 2.24) is 15.0 Å². The van der Waals surface area contributed by atoms with E-state index in [0.29, 0.717) is 18.5 Å². The summed E-state index contributed by atoms with van der Waals surface area (Å²) in [5.74, 6) is -1.04. The lowest BCUT2D eigenvalue weighted by molar-refractivity contribution is -0.137. The summed E-state index contributed by atoms with van der Waals surface area (Å²) in [5, 5.41) is 16.2. The molecular weight excluding hydrogens is 246 g/mol. The lowest BCUT2D eigenvalue weighted by Gasteiger charge is -1.97. The molecular formula is C13H13N3O3. The zero-order chi connectivity index (χ0) is 13.7. The quantitative estimate of drug-likeness (QED) is 0.792. The number of carboxylic acid groups (broad SMARTS) is 1. The second-order valence-corrected chi connectivity index (χ2v) is 4.06. The lowest BCUT2D eigenvalue weighted by Crippen LogP contribution is -2.03. The Morgan fingerprint density at radius 1 is 1.21 bits per heavy atom. The Balaban J connectivity index is 2.01. The summed E-state index contributed by atoms with van der Waals surface area (Å²) in [6, 6.07) is 8.83. The van der Waals surface area contributed by atoms with Crippen LogP contribution in [0.15, 0.2) is 36.5 Å². The maximum atomic E-state index is 12.0. The number of rotatable bonds is 6. The Hall–Kier alpha value is -2.50. The van der Waals surface area contributed by atoms with Crippen molar-refractivity contribution in [2.24, 2.45) is 0 Å². The van der Waals surface area contributed by atoms with Crippen LogP contribution in [0.1, 0.15) is 28.9 Å². The molecule has 1 N–H and O–H groups in total. The van der Waals surface area contributed by atoms with Gasteiger partial charge in [0.05, 0.1) is 6.20 Å². The van der Waals surface area contributed by atoms with Gasteiger partial charge in [0.2, 0.25) is 5.78 Å². The number of carbonyl (C=O) groups is 2. The van der Waals surface area contributed by atoms with Gasteiger partial charge in [0.1, 0.15) is 0 Å². The normalized spacial score (nSPS) is 10.3. The Morgan fingerprint density at radius 3 is 2.63 bits per heavy atom. The van der Waals surface area contributed by atoms with E-state index in [4.69, 9.17) is 5.11 Å². The molecule has 1 heterocycles.